The maximum atomic E-state index is 13.3. The lowest BCUT2D eigenvalue weighted by molar-refractivity contribution is -0.140. The van der Waals surface area contributed by atoms with Crippen molar-refractivity contribution >= 4 is 38.4 Å². The number of halogens is 4. The number of alkyl halides is 3. The van der Waals surface area contributed by atoms with E-state index in [9.17, 15) is 21.6 Å². The summed E-state index contributed by atoms with van der Waals surface area (Å²) in [5.41, 5.74) is -0.654. The minimum atomic E-state index is -4.68. The van der Waals surface area contributed by atoms with E-state index in [1.165, 1.54) is 35.3 Å². The first-order valence-electron chi connectivity index (χ1n) is 9.12. The molecule has 1 saturated heterocycles. The van der Waals surface area contributed by atoms with E-state index in [1.807, 2.05) is 6.07 Å². The summed E-state index contributed by atoms with van der Waals surface area (Å²) in [6.45, 7) is -0.0692. The number of benzene rings is 1. The zero-order valence-electron chi connectivity index (χ0n) is 16.1. The minimum Gasteiger partial charge on any atom is -0.383 e. The first kappa shape index (κ1) is 22.3. The van der Waals surface area contributed by atoms with Gasteiger partial charge in [0.15, 0.2) is 0 Å². The lowest BCUT2D eigenvalue weighted by atomic mass is 10.00. The molecule has 0 radical (unpaired) electrons. The second kappa shape index (κ2) is 7.89. The smallest absolute Gasteiger partial charge is 0.383 e. The molecule has 168 valence electrons. The molecule has 1 aromatic carbocycles. The zero-order valence-corrected chi connectivity index (χ0v) is 17.7. The third kappa shape index (κ3) is 4.22. The van der Waals surface area contributed by atoms with E-state index >= 15 is 0 Å². The number of fused-ring (bicyclic) bond motifs is 1. The van der Waals surface area contributed by atoms with Crippen molar-refractivity contribution in [2.45, 2.75) is 18.3 Å². The van der Waals surface area contributed by atoms with Crippen molar-refractivity contribution in [2.24, 2.45) is 5.14 Å². The summed E-state index contributed by atoms with van der Waals surface area (Å²) in [5, 5.41) is 21.9. The maximum Gasteiger partial charge on any atom is 0.433 e. The van der Waals surface area contributed by atoms with E-state index in [-0.39, 0.29) is 29.9 Å². The van der Waals surface area contributed by atoms with Gasteiger partial charge in [-0.1, -0.05) is 11.6 Å². The van der Waals surface area contributed by atoms with E-state index in [0.717, 1.165) is 10.4 Å². The highest BCUT2D eigenvalue weighted by molar-refractivity contribution is 7.86. The van der Waals surface area contributed by atoms with Gasteiger partial charge in [-0.3, -0.25) is 4.68 Å². The van der Waals surface area contributed by atoms with E-state index in [2.05, 4.69) is 15.4 Å². The van der Waals surface area contributed by atoms with Crippen molar-refractivity contribution in [3.63, 3.8) is 0 Å². The fraction of sp³-hybridized carbons (Fsp3) is 0.278. The SMILES string of the molecule is N#Cc1cnn(C2CN(S(N)(=O)=O)C2CNc2cc(C(F)(F)F)nc3ccc(Cl)cc23)c1. The van der Waals surface area contributed by atoms with Crippen LogP contribution >= 0.6 is 11.6 Å². The van der Waals surface area contributed by atoms with Crippen molar-refractivity contribution in [3.05, 3.63) is 52.9 Å². The second-order valence-corrected chi connectivity index (χ2v) is 9.10. The molecule has 3 aromatic rings. The lowest BCUT2D eigenvalue weighted by Crippen LogP contribution is -2.63. The van der Waals surface area contributed by atoms with Crippen LogP contribution < -0.4 is 10.5 Å². The van der Waals surface area contributed by atoms with Crippen LogP contribution in [0.2, 0.25) is 5.02 Å². The number of nitriles is 1. The fourth-order valence-electron chi connectivity index (χ4n) is 3.57. The molecule has 2 atom stereocenters. The molecule has 3 N–H and O–H groups in total. The van der Waals surface area contributed by atoms with Crippen molar-refractivity contribution in [3.8, 4) is 6.07 Å². The van der Waals surface area contributed by atoms with E-state index in [0.29, 0.717) is 10.4 Å². The molecule has 1 fully saturated rings. The zero-order chi connectivity index (χ0) is 23.3. The molecule has 1 aliphatic heterocycles. The Kier molecular flexibility index (Phi) is 5.49. The molecule has 2 unspecified atom stereocenters. The van der Waals surface area contributed by atoms with Crippen LogP contribution in [0.5, 0.6) is 0 Å². The largest absolute Gasteiger partial charge is 0.433 e. The number of nitrogens with two attached hydrogens (primary N) is 1. The molecule has 1 aliphatic rings. The predicted molar refractivity (Wildman–Crippen MR) is 110 cm³/mol. The molecule has 0 amide bonds. The molecule has 0 saturated carbocycles. The molecule has 0 spiro atoms. The van der Waals surface area contributed by atoms with Crippen molar-refractivity contribution < 1.29 is 21.6 Å². The van der Waals surface area contributed by atoms with Crippen molar-refractivity contribution in [1.29, 1.82) is 5.26 Å². The van der Waals surface area contributed by atoms with Crippen LogP contribution in [0.25, 0.3) is 10.9 Å². The van der Waals surface area contributed by atoms with E-state index < -0.39 is 34.2 Å². The molecule has 2 aromatic heterocycles. The van der Waals surface area contributed by atoms with Gasteiger partial charge in [0.2, 0.25) is 0 Å². The Morgan fingerprint density at radius 3 is 2.72 bits per heavy atom. The van der Waals surface area contributed by atoms with Gasteiger partial charge in [-0.15, -0.1) is 0 Å². The van der Waals surface area contributed by atoms with Crippen LogP contribution in [-0.4, -0.2) is 46.6 Å². The van der Waals surface area contributed by atoms with Gasteiger partial charge < -0.3 is 5.32 Å². The third-order valence-corrected chi connectivity index (χ3v) is 6.45. The summed E-state index contributed by atoms with van der Waals surface area (Å²) in [6, 6.07) is 5.81. The van der Waals surface area contributed by atoms with E-state index in [4.69, 9.17) is 22.0 Å². The average Bonchev–Trinajstić information content (AvgIpc) is 3.14. The standard InChI is InChI=1S/C18H15ClF3N7O2S/c19-11-1-2-13-12(3-11)14(4-17(27-13)18(20,21)22)25-7-15-16(9-29(15)32(24,30)31)28-8-10(5-23)6-26-28/h1-4,6,8,15-16H,7,9H2,(H,25,27)(H2,24,30,31). The number of hydrogen-bond acceptors (Lipinski definition) is 6. The molecule has 9 nitrogen and oxygen atoms in total. The summed E-state index contributed by atoms with van der Waals surface area (Å²) in [7, 11) is -4.07. The van der Waals surface area contributed by atoms with Gasteiger partial charge >= 0.3 is 6.18 Å². The van der Waals surface area contributed by atoms with Crippen molar-refractivity contribution in [1.82, 2.24) is 19.1 Å². The second-order valence-electron chi connectivity index (χ2n) is 7.17. The summed E-state index contributed by atoms with van der Waals surface area (Å²) >= 11 is 6.00. The van der Waals surface area contributed by atoms with Gasteiger partial charge in [0.25, 0.3) is 10.2 Å². The molecule has 14 heteroatoms. The Morgan fingerprint density at radius 2 is 2.09 bits per heavy atom. The summed E-state index contributed by atoms with van der Waals surface area (Å²) in [4.78, 5) is 3.64. The molecule has 32 heavy (non-hydrogen) atoms. The van der Waals surface area contributed by atoms with Gasteiger partial charge in [0.05, 0.1) is 29.4 Å². The molecular weight excluding hydrogens is 471 g/mol. The Hall–Kier alpha value is -2.92. The Morgan fingerprint density at radius 1 is 1.34 bits per heavy atom. The monoisotopic (exact) mass is 485 g/mol. The van der Waals surface area contributed by atoms with Gasteiger partial charge in [-0.25, -0.2) is 10.1 Å². The van der Waals surface area contributed by atoms with Crippen LogP contribution in [-0.2, 0) is 16.4 Å². The Labute approximate surface area is 185 Å². The first-order chi connectivity index (χ1) is 15.0. The highest BCUT2D eigenvalue weighted by Crippen LogP contribution is 2.36. The van der Waals surface area contributed by atoms with Crippen LogP contribution in [0, 0.1) is 11.3 Å². The van der Waals surface area contributed by atoms with Crippen LogP contribution in [0.3, 0.4) is 0 Å². The molecule has 3 heterocycles. The number of aromatic nitrogens is 3. The molecular formula is C18H15ClF3N7O2S. The van der Waals surface area contributed by atoms with Crippen LogP contribution in [0.15, 0.2) is 36.7 Å². The number of hydrogen-bond donors (Lipinski definition) is 2. The van der Waals surface area contributed by atoms with Crippen molar-refractivity contribution in [2.75, 3.05) is 18.4 Å². The lowest BCUT2D eigenvalue weighted by Gasteiger charge is -2.45. The minimum absolute atomic E-state index is 0.00838. The summed E-state index contributed by atoms with van der Waals surface area (Å²) in [6.07, 6.45) is -1.89. The predicted octanol–water partition coefficient (Wildman–Crippen LogP) is 2.52. The highest BCUT2D eigenvalue weighted by Gasteiger charge is 2.46. The third-order valence-electron chi connectivity index (χ3n) is 5.14. The number of nitrogens with zero attached hydrogens (tertiary/aromatic N) is 5. The summed E-state index contributed by atoms with van der Waals surface area (Å²) in [5.74, 6) is 0. The topological polar surface area (TPSA) is 130 Å². The number of nitrogens with one attached hydrogen (secondary N) is 1. The normalized spacial score (nSPS) is 19.5. The van der Waals surface area contributed by atoms with Gasteiger partial charge in [-0.2, -0.15) is 36.3 Å². The highest BCUT2D eigenvalue weighted by atomic mass is 35.5. The van der Waals surface area contributed by atoms with E-state index in [1.54, 1.807) is 0 Å². The maximum absolute atomic E-state index is 13.3. The fourth-order valence-corrected chi connectivity index (χ4v) is 4.69. The summed E-state index contributed by atoms with van der Waals surface area (Å²) < 4.78 is 66.3. The Bertz CT molecular complexity index is 1340. The molecule has 0 bridgehead atoms. The van der Waals surface area contributed by atoms with Gasteiger partial charge in [0, 0.05) is 35.4 Å². The quantitative estimate of drug-likeness (QED) is 0.571. The van der Waals surface area contributed by atoms with Crippen LogP contribution in [0.1, 0.15) is 17.3 Å². The van der Waals surface area contributed by atoms with Gasteiger partial charge in [0.1, 0.15) is 11.8 Å². The molecule has 0 aliphatic carbocycles. The number of pyridine rings is 1. The Balaban J connectivity index is 1.68. The number of rotatable bonds is 5. The number of anilines is 1. The van der Waals surface area contributed by atoms with Crippen LogP contribution in [0.4, 0.5) is 18.9 Å². The average molecular weight is 486 g/mol. The van der Waals surface area contributed by atoms with Gasteiger partial charge in [-0.05, 0) is 24.3 Å². The first-order valence-corrected chi connectivity index (χ1v) is 11.0. The molecule has 4 rings (SSSR count).